The zero-order chi connectivity index (χ0) is 13.1. The molecule has 0 saturated carbocycles. The first-order valence-corrected chi connectivity index (χ1v) is 6.35. The number of benzene rings is 1. The number of hydrogen-bond acceptors (Lipinski definition) is 3. The van der Waals surface area contributed by atoms with Gasteiger partial charge in [0.05, 0.1) is 0 Å². The fourth-order valence-corrected chi connectivity index (χ4v) is 2.10. The van der Waals surface area contributed by atoms with E-state index >= 15 is 0 Å². The van der Waals surface area contributed by atoms with E-state index in [9.17, 15) is 9.59 Å². The summed E-state index contributed by atoms with van der Waals surface area (Å²) in [4.78, 5) is 28.1. The van der Waals surface area contributed by atoms with Crippen molar-refractivity contribution < 1.29 is 9.59 Å². The first-order valence-electron chi connectivity index (χ1n) is 5.90. The van der Waals surface area contributed by atoms with Gasteiger partial charge in [0.2, 0.25) is 5.91 Å². The molecule has 1 heterocycles. The summed E-state index contributed by atoms with van der Waals surface area (Å²) in [6.45, 7) is 1.49. The summed E-state index contributed by atoms with van der Waals surface area (Å²) in [5, 5.41) is 0. The van der Waals surface area contributed by atoms with Gasteiger partial charge < -0.3 is 9.80 Å². The van der Waals surface area contributed by atoms with Gasteiger partial charge in [-0.25, -0.2) is 0 Å². The molecule has 0 N–H and O–H groups in total. The minimum Gasteiger partial charge on any atom is -0.344 e. The molecule has 0 spiro atoms. The topological polar surface area (TPSA) is 40.6 Å². The molecule has 0 atom stereocenters. The minimum atomic E-state index is -0.0908. The third-order valence-corrected chi connectivity index (χ3v) is 3.37. The van der Waals surface area contributed by atoms with Crippen LogP contribution in [-0.2, 0) is 4.79 Å². The molecule has 1 aromatic carbocycles. The highest BCUT2D eigenvalue weighted by atomic mass is 32.1. The predicted octanol–water partition coefficient (Wildman–Crippen LogP) is 1.28. The number of carbonyl (C=O) groups excluding carboxylic acids is 2. The van der Waals surface area contributed by atoms with Crippen LogP contribution in [0.25, 0.3) is 0 Å². The molecular weight excluding hydrogens is 248 g/mol. The van der Waals surface area contributed by atoms with Crippen LogP contribution in [-0.4, -0.2) is 48.3 Å². The number of nitrogens with zero attached hydrogens (tertiary/aromatic N) is 2. The number of likely N-dealkylation sites (N-methyl/N-ethyl adjacent to an activating group) is 1. The van der Waals surface area contributed by atoms with Gasteiger partial charge in [-0.05, 0) is 30.7 Å². The SMILES string of the molecule is CN1CCCN(C(=O)c2ccc(S)cc2)CC1=O. The highest BCUT2D eigenvalue weighted by Crippen LogP contribution is 2.12. The van der Waals surface area contributed by atoms with Crippen molar-refractivity contribution in [3.63, 3.8) is 0 Å². The maximum Gasteiger partial charge on any atom is 0.254 e. The lowest BCUT2D eigenvalue weighted by Gasteiger charge is -2.19. The van der Waals surface area contributed by atoms with Crippen molar-refractivity contribution in [1.29, 1.82) is 0 Å². The Hall–Kier alpha value is -1.49. The smallest absolute Gasteiger partial charge is 0.254 e. The number of amides is 2. The Morgan fingerprint density at radius 3 is 2.56 bits per heavy atom. The molecule has 1 aliphatic rings. The van der Waals surface area contributed by atoms with Crippen LogP contribution in [0, 0.1) is 0 Å². The second-order valence-corrected chi connectivity index (χ2v) is 4.96. The lowest BCUT2D eigenvalue weighted by atomic mass is 10.2. The summed E-state index contributed by atoms with van der Waals surface area (Å²) < 4.78 is 0. The lowest BCUT2D eigenvalue weighted by molar-refractivity contribution is -0.129. The number of hydrogen-bond donors (Lipinski definition) is 1. The van der Waals surface area contributed by atoms with Gasteiger partial charge in [0.15, 0.2) is 0 Å². The van der Waals surface area contributed by atoms with Crippen LogP contribution in [0.1, 0.15) is 16.8 Å². The van der Waals surface area contributed by atoms with Crippen LogP contribution in [0.3, 0.4) is 0 Å². The van der Waals surface area contributed by atoms with Crippen LogP contribution in [0.4, 0.5) is 0 Å². The van der Waals surface area contributed by atoms with Crippen molar-refractivity contribution in [2.75, 3.05) is 26.7 Å². The summed E-state index contributed by atoms with van der Waals surface area (Å²) in [5.41, 5.74) is 0.602. The molecule has 0 aliphatic carbocycles. The maximum absolute atomic E-state index is 12.2. The second-order valence-electron chi connectivity index (χ2n) is 4.44. The monoisotopic (exact) mass is 264 g/mol. The van der Waals surface area contributed by atoms with E-state index in [1.807, 2.05) is 0 Å². The van der Waals surface area contributed by atoms with Gasteiger partial charge in [0.1, 0.15) is 6.54 Å². The van der Waals surface area contributed by atoms with Crippen LogP contribution in [0.2, 0.25) is 0 Å². The molecule has 2 rings (SSSR count). The van der Waals surface area contributed by atoms with E-state index in [1.54, 1.807) is 41.1 Å². The van der Waals surface area contributed by atoms with Crippen molar-refractivity contribution in [2.24, 2.45) is 0 Å². The summed E-state index contributed by atoms with van der Waals surface area (Å²) in [6, 6.07) is 7.04. The zero-order valence-electron chi connectivity index (χ0n) is 10.3. The number of rotatable bonds is 1. The summed E-state index contributed by atoms with van der Waals surface area (Å²) >= 11 is 4.18. The Morgan fingerprint density at radius 1 is 1.22 bits per heavy atom. The third-order valence-electron chi connectivity index (χ3n) is 3.07. The molecule has 0 bridgehead atoms. The molecule has 1 fully saturated rings. The summed E-state index contributed by atoms with van der Waals surface area (Å²) in [7, 11) is 1.77. The Labute approximate surface area is 112 Å². The Kier molecular flexibility index (Phi) is 3.91. The molecule has 96 valence electrons. The average molecular weight is 264 g/mol. The van der Waals surface area contributed by atoms with Gasteiger partial charge in [0.25, 0.3) is 5.91 Å². The Balaban J connectivity index is 2.13. The van der Waals surface area contributed by atoms with Crippen molar-refractivity contribution in [1.82, 2.24) is 9.80 Å². The van der Waals surface area contributed by atoms with Crippen molar-refractivity contribution in [2.45, 2.75) is 11.3 Å². The first kappa shape index (κ1) is 13.0. The number of carbonyl (C=O) groups is 2. The van der Waals surface area contributed by atoms with Crippen molar-refractivity contribution >= 4 is 24.4 Å². The molecule has 1 saturated heterocycles. The average Bonchev–Trinajstić information content (AvgIpc) is 2.52. The lowest BCUT2D eigenvalue weighted by Crippen LogP contribution is -2.38. The van der Waals surface area contributed by atoms with Crippen LogP contribution in [0.5, 0.6) is 0 Å². The van der Waals surface area contributed by atoms with E-state index in [4.69, 9.17) is 0 Å². The fraction of sp³-hybridized carbons (Fsp3) is 0.385. The fourth-order valence-electron chi connectivity index (χ4n) is 1.95. The molecule has 1 aliphatic heterocycles. The molecule has 5 heteroatoms. The third kappa shape index (κ3) is 2.85. The second kappa shape index (κ2) is 5.44. The largest absolute Gasteiger partial charge is 0.344 e. The van der Waals surface area contributed by atoms with Gasteiger partial charge in [-0.1, -0.05) is 0 Å². The Morgan fingerprint density at radius 2 is 1.89 bits per heavy atom. The predicted molar refractivity (Wildman–Crippen MR) is 71.9 cm³/mol. The van der Waals surface area contributed by atoms with Gasteiger partial charge in [-0.3, -0.25) is 9.59 Å². The highest BCUT2D eigenvalue weighted by molar-refractivity contribution is 7.80. The van der Waals surface area contributed by atoms with Crippen molar-refractivity contribution in [3.8, 4) is 0 Å². The normalized spacial score (nSPS) is 16.7. The molecule has 0 radical (unpaired) electrons. The van der Waals surface area contributed by atoms with Gasteiger partial charge in [-0.2, -0.15) is 0 Å². The Bertz CT molecular complexity index is 459. The molecule has 18 heavy (non-hydrogen) atoms. The van der Waals surface area contributed by atoms with Crippen LogP contribution in [0.15, 0.2) is 29.2 Å². The quantitative estimate of drug-likeness (QED) is 0.776. The molecular formula is C13H16N2O2S. The van der Waals surface area contributed by atoms with Crippen LogP contribution < -0.4 is 0 Å². The van der Waals surface area contributed by atoms with Crippen LogP contribution >= 0.6 is 12.6 Å². The molecule has 0 unspecified atom stereocenters. The van der Waals surface area contributed by atoms with E-state index in [-0.39, 0.29) is 18.4 Å². The van der Waals surface area contributed by atoms with E-state index in [0.717, 1.165) is 11.3 Å². The summed E-state index contributed by atoms with van der Waals surface area (Å²) in [6.07, 6.45) is 0.818. The highest BCUT2D eigenvalue weighted by Gasteiger charge is 2.23. The van der Waals surface area contributed by atoms with Gasteiger partial charge in [0, 0.05) is 30.6 Å². The van der Waals surface area contributed by atoms with Gasteiger partial charge >= 0.3 is 0 Å². The molecule has 1 aromatic rings. The maximum atomic E-state index is 12.2. The first-order chi connectivity index (χ1) is 8.58. The molecule has 2 amide bonds. The zero-order valence-corrected chi connectivity index (χ0v) is 11.2. The van der Waals surface area contributed by atoms with E-state index in [1.165, 1.54) is 0 Å². The van der Waals surface area contributed by atoms with E-state index in [0.29, 0.717) is 18.7 Å². The standard InChI is InChI=1S/C13H16N2O2S/c1-14-7-2-8-15(9-12(14)16)13(17)10-3-5-11(18)6-4-10/h3-6,18H,2,7-9H2,1H3. The van der Waals surface area contributed by atoms with E-state index < -0.39 is 0 Å². The van der Waals surface area contributed by atoms with Gasteiger partial charge in [-0.15, -0.1) is 12.6 Å². The number of thiol groups is 1. The van der Waals surface area contributed by atoms with E-state index in [2.05, 4.69) is 12.6 Å². The minimum absolute atomic E-state index is 0.00772. The molecule has 0 aromatic heterocycles. The van der Waals surface area contributed by atoms with Crippen molar-refractivity contribution in [3.05, 3.63) is 29.8 Å². The molecule has 4 nitrogen and oxygen atoms in total. The summed E-state index contributed by atoms with van der Waals surface area (Å²) in [5.74, 6) is -0.0985.